The smallest absolute Gasteiger partial charge is 0.0598 e. The van der Waals surface area contributed by atoms with Crippen molar-refractivity contribution in [3.8, 4) is 0 Å². The van der Waals surface area contributed by atoms with Crippen LogP contribution in [0.3, 0.4) is 0 Å². The van der Waals surface area contributed by atoms with Crippen LogP contribution < -0.4 is 10.6 Å². The molecule has 0 saturated carbocycles. The van der Waals surface area contributed by atoms with Crippen LogP contribution in [-0.2, 0) is 11.3 Å². The van der Waals surface area contributed by atoms with Crippen molar-refractivity contribution < 1.29 is 4.74 Å². The summed E-state index contributed by atoms with van der Waals surface area (Å²) in [6.45, 7) is 2.27. The second-order valence-corrected chi connectivity index (χ2v) is 4.16. The maximum Gasteiger partial charge on any atom is 0.0598 e. The predicted molar refractivity (Wildman–Crippen MR) is 64.4 cm³/mol. The standard InChI is InChI=1S/C12H19N3O/c1-15(11-3-6-16-7-4-11)12-9-14-5-2-10(12)8-13/h2,5,9,11H,3-4,6-8,13H2,1H3. The average Bonchev–Trinajstić information content (AvgIpc) is 2.39. The highest BCUT2D eigenvalue weighted by Gasteiger charge is 2.20. The number of hydrogen-bond donors (Lipinski definition) is 1. The molecule has 4 nitrogen and oxygen atoms in total. The van der Waals surface area contributed by atoms with E-state index in [0.717, 1.165) is 37.3 Å². The normalized spacial score (nSPS) is 17.4. The van der Waals surface area contributed by atoms with Crippen molar-refractivity contribution in [3.05, 3.63) is 24.0 Å². The predicted octanol–water partition coefficient (Wildman–Crippen LogP) is 1.16. The summed E-state index contributed by atoms with van der Waals surface area (Å²) < 4.78 is 5.38. The molecule has 4 heteroatoms. The molecule has 1 aromatic heterocycles. The van der Waals surface area contributed by atoms with Crippen molar-refractivity contribution in [1.82, 2.24) is 4.98 Å². The Labute approximate surface area is 96.4 Å². The van der Waals surface area contributed by atoms with Crippen molar-refractivity contribution in [2.45, 2.75) is 25.4 Å². The Kier molecular flexibility index (Phi) is 3.74. The Hall–Kier alpha value is -1.13. The molecule has 0 radical (unpaired) electrons. The van der Waals surface area contributed by atoms with Gasteiger partial charge < -0.3 is 15.4 Å². The minimum atomic E-state index is 0.545. The highest BCUT2D eigenvalue weighted by Crippen LogP contribution is 2.23. The fourth-order valence-corrected chi connectivity index (χ4v) is 2.17. The number of hydrogen-bond acceptors (Lipinski definition) is 4. The first-order valence-electron chi connectivity index (χ1n) is 5.76. The molecule has 0 bridgehead atoms. The van der Waals surface area contributed by atoms with Gasteiger partial charge in [-0.1, -0.05) is 0 Å². The Morgan fingerprint density at radius 3 is 2.94 bits per heavy atom. The van der Waals surface area contributed by atoms with Crippen LogP contribution in [0.25, 0.3) is 0 Å². The van der Waals surface area contributed by atoms with E-state index in [9.17, 15) is 0 Å². The summed E-state index contributed by atoms with van der Waals surface area (Å²) >= 11 is 0. The molecule has 1 aromatic rings. The van der Waals surface area contributed by atoms with E-state index in [4.69, 9.17) is 10.5 Å². The van der Waals surface area contributed by atoms with E-state index in [0.29, 0.717) is 12.6 Å². The van der Waals surface area contributed by atoms with Gasteiger partial charge in [-0.25, -0.2) is 0 Å². The van der Waals surface area contributed by atoms with Gasteiger partial charge in [0.2, 0.25) is 0 Å². The summed E-state index contributed by atoms with van der Waals surface area (Å²) in [5.41, 5.74) is 8.05. The lowest BCUT2D eigenvalue weighted by Gasteiger charge is -2.33. The van der Waals surface area contributed by atoms with Crippen molar-refractivity contribution in [1.29, 1.82) is 0 Å². The molecule has 0 atom stereocenters. The lowest BCUT2D eigenvalue weighted by Crippen LogP contribution is -2.37. The van der Waals surface area contributed by atoms with Gasteiger partial charge in [-0.05, 0) is 24.5 Å². The van der Waals surface area contributed by atoms with E-state index in [1.54, 1.807) is 6.20 Å². The van der Waals surface area contributed by atoms with Crippen LogP contribution >= 0.6 is 0 Å². The van der Waals surface area contributed by atoms with Crippen LogP contribution in [-0.4, -0.2) is 31.3 Å². The molecular weight excluding hydrogens is 202 g/mol. The highest BCUT2D eigenvalue weighted by molar-refractivity contribution is 5.51. The maximum absolute atomic E-state index is 5.74. The molecule has 16 heavy (non-hydrogen) atoms. The van der Waals surface area contributed by atoms with Crippen molar-refractivity contribution >= 4 is 5.69 Å². The van der Waals surface area contributed by atoms with Crippen molar-refractivity contribution in [2.24, 2.45) is 5.73 Å². The number of aromatic nitrogens is 1. The average molecular weight is 221 g/mol. The molecule has 0 unspecified atom stereocenters. The Morgan fingerprint density at radius 2 is 2.25 bits per heavy atom. The third-order valence-electron chi connectivity index (χ3n) is 3.23. The Balaban J connectivity index is 2.15. The topological polar surface area (TPSA) is 51.4 Å². The molecule has 1 saturated heterocycles. The molecule has 0 spiro atoms. The van der Waals surface area contributed by atoms with Crippen LogP contribution in [0.15, 0.2) is 18.5 Å². The largest absolute Gasteiger partial charge is 0.381 e. The van der Waals surface area contributed by atoms with E-state index in [1.165, 1.54) is 0 Å². The van der Waals surface area contributed by atoms with E-state index in [1.807, 2.05) is 12.3 Å². The lowest BCUT2D eigenvalue weighted by atomic mass is 10.1. The molecule has 0 amide bonds. The summed E-state index contributed by atoms with van der Waals surface area (Å²) in [4.78, 5) is 6.47. The zero-order chi connectivity index (χ0) is 11.4. The summed E-state index contributed by atoms with van der Waals surface area (Å²) in [6, 6.07) is 2.54. The third-order valence-corrected chi connectivity index (χ3v) is 3.23. The minimum Gasteiger partial charge on any atom is -0.381 e. The molecule has 88 valence electrons. The van der Waals surface area contributed by atoms with Crippen LogP contribution in [0.1, 0.15) is 18.4 Å². The van der Waals surface area contributed by atoms with Gasteiger partial charge in [-0.3, -0.25) is 4.98 Å². The monoisotopic (exact) mass is 221 g/mol. The quantitative estimate of drug-likeness (QED) is 0.832. The molecule has 1 aliphatic rings. The second kappa shape index (κ2) is 5.27. The summed E-state index contributed by atoms with van der Waals surface area (Å²) in [5.74, 6) is 0. The lowest BCUT2D eigenvalue weighted by molar-refractivity contribution is 0.0854. The first-order valence-corrected chi connectivity index (χ1v) is 5.76. The van der Waals surface area contributed by atoms with E-state index in [2.05, 4.69) is 16.9 Å². The fourth-order valence-electron chi connectivity index (χ4n) is 2.17. The van der Waals surface area contributed by atoms with Gasteiger partial charge in [0.15, 0.2) is 0 Å². The zero-order valence-corrected chi connectivity index (χ0v) is 9.72. The number of anilines is 1. The number of rotatable bonds is 3. The summed E-state index contributed by atoms with van der Waals surface area (Å²) in [7, 11) is 2.12. The molecule has 2 rings (SSSR count). The number of ether oxygens (including phenoxy) is 1. The minimum absolute atomic E-state index is 0.545. The van der Waals surface area contributed by atoms with Gasteiger partial charge in [0, 0.05) is 39.0 Å². The maximum atomic E-state index is 5.74. The van der Waals surface area contributed by atoms with Crippen molar-refractivity contribution in [2.75, 3.05) is 25.2 Å². The number of nitrogens with zero attached hydrogens (tertiary/aromatic N) is 2. The Bertz CT molecular complexity index is 337. The molecule has 2 N–H and O–H groups in total. The number of nitrogens with two attached hydrogens (primary N) is 1. The zero-order valence-electron chi connectivity index (χ0n) is 9.72. The van der Waals surface area contributed by atoms with Crippen LogP contribution in [0.4, 0.5) is 5.69 Å². The molecule has 1 fully saturated rings. The first kappa shape index (κ1) is 11.4. The van der Waals surface area contributed by atoms with Gasteiger partial charge in [0.1, 0.15) is 0 Å². The SMILES string of the molecule is CN(c1cnccc1CN)C1CCOCC1. The molecule has 0 aromatic carbocycles. The van der Waals surface area contributed by atoms with E-state index in [-0.39, 0.29) is 0 Å². The number of pyridine rings is 1. The van der Waals surface area contributed by atoms with Gasteiger partial charge in [-0.2, -0.15) is 0 Å². The van der Waals surface area contributed by atoms with Gasteiger partial charge in [0.05, 0.1) is 11.9 Å². The third kappa shape index (κ3) is 2.33. The molecule has 0 aliphatic carbocycles. The highest BCUT2D eigenvalue weighted by atomic mass is 16.5. The van der Waals surface area contributed by atoms with Gasteiger partial charge >= 0.3 is 0 Å². The van der Waals surface area contributed by atoms with E-state index >= 15 is 0 Å². The second-order valence-electron chi connectivity index (χ2n) is 4.16. The summed E-state index contributed by atoms with van der Waals surface area (Å²) in [6.07, 6.45) is 5.85. The van der Waals surface area contributed by atoms with Crippen LogP contribution in [0.2, 0.25) is 0 Å². The Morgan fingerprint density at radius 1 is 1.50 bits per heavy atom. The molecular formula is C12H19N3O. The summed E-state index contributed by atoms with van der Waals surface area (Å²) in [5, 5.41) is 0. The van der Waals surface area contributed by atoms with Gasteiger partial charge in [0.25, 0.3) is 0 Å². The van der Waals surface area contributed by atoms with Crippen molar-refractivity contribution in [3.63, 3.8) is 0 Å². The first-order chi connectivity index (χ1) is 7.83. The fraction of sp³-hybridized carbons (Fsp3) is 0.583. The molecule has 1 aliphatic heterocycles. The van der Waals surface area contributed by atoms with E-state index < -0.39 is 0 Å². The van der Waals surface area contributed by atoms with Crippen LogP contribution in [0, 0.1) is 0 Å². The van der Waals surface area contributed by atoms with Gasteiger partial charge in [-0.15, -0.1) is 0 Å². The molecule has 2 heterocycles. The van der Waals surface area contributed by atoms with Crippen LogP contribution in [0.5, 0.6) is 0 Å².